The van der Waals surface area contributed by atoms with Crippen LogP contribution in [-0.4, -0.2) is 32.2 Å². The molecule has 0 saturated heterocycles. The molecule has 1 aromatic rings. The van der Waals surface area contributed by atoms with Crippen LogP contribution in [0.5, 0.6) is 11.5 Å². The number of benzene rings is 1. The highest BCUT2D eigenvalue weighted by atomic mass is 16.6. The third-order valence-electron chi connectivity index (χ3n) is 3.08. The Balaban J connectivity index is 1.72. The van der Waals surface area contributed by atoms with Gasteiger partial charge in [0.2, 0.25) is 5.91 Å². The van der Waals surface area contributed by atoms with Crippen molar-refractivity contribution < 1.29 is 14.3 Å². The van der Waals surface area contributed by atoms with E-state index < -0.39 is 0 Å². The number of amides is 1. The zero-order valence-corrected chi connectivity index (χ0v) is 11.9. The van der Waals surface area contributed by atoms with Gasteiger partial charge < -0.3 is 20.1 Å². The van der Waals surface area contributed by atoms with E-state index in [9.17, 15) is 4.79 Å². The van der Waals surface area contributed by atoms with Crippen LogP contribution in [-0.2, 0) is 4.79 Å². The zero-order valence-electron chi connectivity index (χ0n) is 11.9. The Labute approximate surface area is 119 Å². The molecule has 0 radical (unpaired) electrons. The Morgan fingerprint density at radius 2 is 2.00 bits per heavy atom. The van der Waals surface area contributed by atoms with E-state index in [4.69, 9.17) is 9.47 Å². The normalized spacial score (nSPS) is 12.8. The van der Waals surface area contributed by atoms with Crippen molar-refractivity contribution in [3.05, 3.63) is 18.2 Å². The van der Waals surface area contributed by atoms with Crippen LogP contribution in [0.1, 0.15) is 26.2 Å². The van der Waals surface area contributed by atoms with Crippen molar-refractivity contribution in [3.63, 3.8) is 0 Å². The predicted octanol–water partition coefficient (Wildman–Crippen LogP) is 2.18. The average Bonchev–Trinajstić information content (AvgIpc) is 2.47. The Kier molecular flexibility index (Phi) is 5.53. The number of hydrogen-bond donors (Lipinski definition) is 2. The first-order valence-electron chi connectivity index (χ1n) is 7.20. The maximum absolute atomic E-state index is 11.5. The molecule has 2 N–H and O–H groups in total. The van der Waals surface area contributed by atoms with Crippen molar-refractivity contribution in [2.24, 2.45) is 0 Å². The van der Waals surface area contributed by atoms with Gasteiger partial charge in [0.05, 0.1) is 0 Å². The number of rotatable bonds is 7. The van der Waals surface area contributed by atoms with Gasteiger partial charge in [0.25, 0.3) is 0 Å². The number of ether oxygens (including phenoxy) is 2. The Morgan fingerprint density at radius 3 is 2.80 bits per heavy atom. The SMILES string of the molecule is CCCCNC(=O)CCNc1ccc2c(c1)OCCO2. The van der Waals surface area contributed by atoms with Crippen LogP contribution in [0.2, 0.25) is 0 Å². The number of fused-ring (bicyclic) bond motifs is 1. The van der Waals surface area contributed by atoms with E-state index in [-0.39, 0.29) is 5.91 Å². The van der Waals surface area contributed by atoms with Gasteiger partial charge >= 0.3 is 0 Å². The summed E-state index contributed by atoms with van der Waals surface area (Å²) in [5, 5.41) is 6.12. The summed E-state index contributed by atoms with van der Waals surface area (Å²) in [7, 11) is 0. The van der Waals surface area contributed by atoms with Crippen LogP contribution in [0.25, 0.3) is 0 Å². The fourth-order valence-corrected chi connectivity index (χ4v) is 1.97. The van der Waals surface area contributed by atoms with E-state index >= 15 is 0 Å². The molecule has 0 atom stereocenters. The largest absolute Gasteiger partial charge is 0.486 e. The number of carbonyl (C=O) groups excluding carboxylic acids is 1. The maximum Gasteiger partial charge on any atom is 0.221 e. The molecule has 5 nitrogen and oxygen atoms in total. The molecule has 0 bridgehead atoms. The highest BCUT2D eigenvalue weighted by Crippen LogP contribution is 2.32. The zero-order chi connectivity index (χ0) is 14.2. The summed E-state index contributed by atoms with van der Waals surface area (Å²) in [5.74, 6) is 1.62. The van der Waals surface area contributed by atoms with Crippen molar-refractivity contribution in [2.45, 2.75) is 26.2 Å². The van der Waals surface area contributed by atoms with Gasteiger partial charge in [0.15, 0.2) is 11.5 Å². The van der Waals surface area contributed by atoms with Gasteiger partial charge in [-0.05, 0) is 18.6 Å². The highest BCUT2D eigenvalue weighted by molar-refractivity contribution is 5.76. The lowest BCUT2D eigenvalue weighted by Gasteiger charge is -2.19. The van der Waals surface area contributed by atoms with Crippen LogP contribution in [0.3, 0.4) is 0 Å². The molecule has 1 amide bonds. The van der Waals surface area contributed by atoms with Gasteiger partial charge in [-0.1, -0.05) is 13.3 Å². The minimum absolute atomic E-state index is 0.0866. The molecule has 1 aliphatic rings. The Bertz CT molecular complexity index is 449. The fraction of sp³-hybridized carbons (Fsp3) is 0.533. The number of anilines is 1. The molecule has 0 saturated carbocycles. The number of hydrogen-bond acceptors (Lipinski definition) is 4. The summed E-state index contributed by atoms with van der Waals surface area (Å²) in [6.07, 6.45) is 2.59. The van der Waals surface area contributed by atoms with Crippen molar-refractivity contribution in [1.82, 2.24) is 5.32 Å². The number of carbonyl (C=O) groups is 1. The number of unbranched alkanes of at least 4 members (excludes halogenated alkanes) is 1. The lowest BCUT2D eigenvalue weighted by atomic mass is 10.2. The van der Waals surface area contributed by atoms with Gasteiger partial charge in [0.1, 0.15) is 13.2 Å². The third kappa shape index (κ3) is 4.33. The molecule has 0 aromatic heterocycles. The molecule has 0 aliphatic carbocycles. The van der Waals surface area contributed by atoms with Crippen molar-refractivity contribution in [2.75, 3.05) is 31.6 Å². The fourth-order valence-electron chi connectivity index (χ4n) is 1.97. The predicted molar refractivity (Wildman–Crippen MR) is 78.5 cm³/mol. The minimum Gasteiger partial charge on any atom is -0.486 e. The molecular formula is C15H22N2O3. The van der Waals surface area contributed by atoms with Crippen LogP contribution < -0.4 is 20.1 Å². The van der Waals surface area contributed by atoms with E-state index in [1.54, 1.807) is 0 Å². The van der Waals surface area contributed by atoms with Gasteiger partial charge in [0, 0.05) is 31.3 Å². The van der Waals surface area contributed by atoms with E-state index in [0.717, 1.165) is 36.6 Å². The monoisotopic (exact) mass is 278 g/mol. The lowest BCUT2D eigenvalue weighted by Crippen LogP contribution is -2.26. The van der Waals surface area contributed by atoms with Gasteiger partial charge in [-0.2, -0.15) is 0 Å². The van der Waals surface area contributed by atoms with Crippen molar-refractivity contribution in [3.8, 4) is 11.5 Å². The van der Waals surface area contributed by atoms with Crippen LogP contribution in [0, 0.1) is 0 Å². The first kappa shape index (κ1) is 14.5. The Morgan fingerprint density at radius 1 is 1.20 bits per heavy atom. The molecule has 110 valence electrons. The van der Waals surface area contributed by atoms with Crippen molar-refractivity contribution >= 4 is 11.6 Å². The van der Waals surface area contributed by atoms with E-state index in [1.165, 1.54) is 0 Å². The number of nitrogens with one attached hydrogen (secondary N) is 2. The first-order chi connectivity index (χ1) is 9.79. The summed E-state index contributed by atoms with van der Waals surface area (Å²) in [5.41, 5.74) is 0.940. The second-order valence-corrected chi connectivity index (χ2v) is 4.74. The van der Waals surface area contributed by atoms with Gasteiger partial charge in [-0.25, -0.2) is 0 Å². The second-order valence-electron chi connectivity index (χ2n) is 4.74. The molecule has 2 rings (SSSR count). The summed E-state index contributed by atoms with van der Waals surface area (Å²) in [6, 6.07) is 5.73. The highest BCUT2D eigenvalue weighted by Gasteiger charge is 2.11. The topological polar surface area (TPSA) is 59.6 Å². The average molecular weight is 278 g/mol. The summed E-state index contributed by atoms with van der Waals surface area (Å²) < 4.78 is 11.0. The maximum atomic E-state index is 11.5. The molecule has 5 heteroatoms. The molecule has 1 heterocycles. The van der Waals surface area contributed by atoms with E-state index in [2.05, 4.69) is 17.6 Å². The van der Waals surface area contributed by atoms with Gasteiger partial charge in [-0.15, -0.1) is 0 Å². The second kappa shape index (κ2) is 7.62. The standard InChI is InChI=1S/C15H22N2O3/c1-2-3-7-17-15(18)6-8-16-12-4-5-13-14(11-12)20-10-9-19-13/h4-5,11,16H,2-3,6-10H2,1H3,(H,17,18). The smallest absolute Gasteiger partial charge is 0.221 e. The van der Waals surface area contributed by atoms with Crippen LogP contribution in [0.4, 0.5) is 5.69 Å². The Hall–Kier alpha value is -1.91. The first-order valence-corrected chi connectivity index (χ1v) is 7.20. The summed E-state index contributed by atoms with van der Waals surface area (Å²) in [4.78, 5) is 11.5. The molecule has 0 fully saturated rings. The lowest BCUT2D eigenvalue weighted by molar-refractivity contribution is -0.120. The third-order valence-corrected chi connectivity index (χ3v) is 3.08. The quantitative estimate of drug-likeness (QED) is 0.751. The van der Waals surface area contributed by atoms with E-state index in [1.807, 2.05) is 18.2 Å². The molecular weight excluding hydrogens is 256 g/mol. The molecule has 1 aliphatic heterocycles. The molecule has 20 heavy (non-hydrogen) atoms. The summed E-state index contributed by atoms with van der Waals surface area (Å²) >= 11 is 0. The molecule has 0 spiro atoms. The van der Waals surface area contributed by atoms with Crippen LogP contribution >= 0.6 is 0 Å². The summed E-state index contributed by atoms with van der Waals surface area (Å²) in [6.45, 7) is 4.65. The van der Waals surface area contributed by atoms with Crippen LogP contribution in [0.15, 0.2) is 18.2 Å². The molecule has 1 aromatic carbocycles. The molecule has 0 unspecified atom stereocenters. The van der Waals surface area contributed by atoms with E-state index in [0.29, 0.717) is 26.2 Å². The minimum atomic E-state index is 0.0866. The van der Waals surface area contributed by atoms with Crippen molar-refractivity contribution in [1.29, 1.82) is 0 Å². The van der Waals surface area contributed by atoms with Gasteiger partial charge in [-0.3, -0.25) is 4.79 Å².